The van der Waals surface area contributed by atoms with E-state index in [-0.39, 0.29) is 17.9 Å². The van der Waals surface area contributed by atoms with Crippen molar-refractivity contribution in [1.82, 2.24) is 15.0 Å². The molecule has 3 heterocycles. The molecule has 0 bridgehead atoms. The molecule has 1 amide bonds. The Morgan fingerprint density at radius 3 is 2.50 bits per heavy atom. The number of aromatic nitrogens is 3. The highest BCUT2D eigenvalue weighted by Gasteiger charge is 2.52. The lowest BCUT2D eigenvalue weighted by atomic mass is 9.91. The Balaban J connectivity index is 1.50. The molecule has 178 valence electrons. The SMILES string of the molecule is NC(=O)[C@@H]1O[C@@H]2COC(c3ccccc3)O[C@@H]2[C@H](n2cc(-c3cc(F)c(F)c(F)c3)nn2)[C@H]1O. The highest BCUT2D eigenvalue weighted by atomic mass is 19.2. The van der Waals surface area contributed by atoms with Crippen molar-refractivity contribution in [2.75, 3.05) is 6.61 Å². The molecule has 1 aromatic heterocycles. The molecule has 5 rings (SSSR count). The molecule has 12 heteroatoms. The first-order valence-electron chi connectivity index (χ1n) is 10.3. The number of fused-ring (bicyclic) bond motifs is 1. The zero-order valence-corrected chi connectivity index (χ0v) is 17.4. The van der Waals surface area contributed by atoms with Gasteiger partial charge >= 0.3 is 0 Å². The number of aliphatic hydroxyl groups excluding tert-OH is 1. The molecule has 1 unspecified atom stereocenters. The first kappa shape index (κ1) is 22.5. The van der Waals surface area contributed by atoms with Gasteiger partial charge in [-0.05, 0) is 12.1 Å². The summed E-state index contributed by atoms with van der Waals surface area (Å²) in [7, 11) is 0. The van der Waals surface area contributed by atoms with E-state index >= 15 is 0 Å². The fourth-order valence-electron chi connectivity index (χ4n) is 4.19. The van der Waals surface area contributed by atoms with Crippen molar-refractivity contribution in [3.05, 3.63) is 71.7 Å². The van der Waals surface area contributed by atoms with Crippen molar-refractivity contribution in [2.45, 2.75) is 36.7 Å². The maximum Gasteiger partial charge on any atom is 0.249 e. The number of aliphatic hydroxyl groups is 1. The number of amides is 1. The van der Waals surface area contributed by atoms with Crippen molar-refractivity contribution >= 4 is 5.91 Å². The zero-order chi connectivity index (χ0) is 24.0. The van der Waals surface area contributed by atoms with Crippen LogP contribution in [0.2, 0.25) is 0 Å². The summed E-state index contributed by atoms with van der Waals surface area (Å²) in [4.78, 5) is 11.9. The molecule has 6 atom stereocenters. The third-order valence-electron chi connectivity index (χ3n) is 5.82. The Labute approximate surface area is 190 Å². The van der Waals surface area contributed by atoms with Gasteiger partial charge in [0, 0.05) is 11.1 Å². The third kappa shape index (κ3) is 3.94. The highest BCUT2D eigenvalue weighted by Crippen LogP contribution is 2.39. The topological polar surface area (TPSA) is 122 Å². The summed E-state index contributed by atoms with van der Waals surface area (Å²) in [5.41, 5.74) is 6.08. The largest absolute Gasteiger partial charge is 0.387 e. The van der Waals surface area contributed by atoms with Crippen molar-refractivity contribution in [3.63, 3.8) is 0 Å². The molecule has 0 aliphatic carbocycles. The van der Waals surface area contributed by atoms with Crippen LogP contribution in [0.1, 0.15) is 17.9 Å². The number of hydrogen-bond acceptors (Lipinski definition) is 7. The monoisotopic (exact) mass is 476 g/mol. The van der Waals surface area contributed by atoms with Gasteiger partial charge in [-0.1, -0.05) is 35.5 Å². The highest BCUT2D eigenvalue weighted by molar-refractivity contribution is 5.79. The molecule has 2 aliphatic rings. The third-order valence-corrected chi connectivity index (χ3v) is 5.82. The summed E-state index contributed by atoms with van der Waals surface area (Å²) >= 11 is 0. The number of nitrogens with two attached hydrogens (primary N) is 1. The molecule has 34 heavy (non-hydrogen) atoms. The van der Waals surface area contributed by atoms with E-state index in [1.807, 2.05) is 18.2 Å². The molecule has 2 saturated heterocycles. The molecule has 3 N–H and O–H groups in total. The van der Waals surface area contributed by atoms with Crippen molar-refractivity contribution in [1.29, 1.82) is 0 Å². The summed E-state index contributed by atoms with van der Waals surface area (Å²) in [6.07, 6.45) is -3.98. The van der Waals surface area contributed by atoms with Gasteiger partial charge in [0.05, 0.1) is 12.8 Å². The van der Waals surface area contributed by atoms with Gasteiger partial charge in [-0.2, -0.15) is 0 Å². The van der Waals surface area contributed by atoms with Gasteiger partial charge < -0.3 is 25.1 Å². The van der Waals surface area contributed by atoms with Crippen molar-refractivity contribution < 1.29 is 37.3 Å². The number of halogens is 3. The van der Waals surface area contributed by atoms with Crippen LogP contribution in [0.15, 0.2) is 48.7 Å². The fourth-order valence-corrected chi connectivity index (χ4v) is 4.19. The smallest absolute Gasteiger partial charge is 0.249 e. The fraction of sp³-hybridized carbons (Fsp3) is 0.318. The van der Waals surface area contributed by atoms with Crippen LogP contribution in [0.25, 0.3) is 11.3 Å². The number of carbonyl (C=O) groups is 1. The van der Waals surface area contributed by atoms with E-state index in [4.69, 9.17) is 19.9 Å². The van der Waals surface area contributed by atoms with E-state index < -0.39 is 60.1 Å². The van der Waals surface area contributed by atoms with Gasteiger partial charge in [0.2, 0.25) is 5.91 Å². The van der Waals surface area contributed by atoms with Crippen molar-refractivity contribution in [3.8, 4) is 11.3 Å². The number of hydrogen-bond donors (Lipinski definition) is 2. The summed E-state index contributed by atoms with van der Waals surface area (Å²) < 4.78 is 59.5. The second-order valence-electron chi connectivity index (χ2n) is 7.99. The van der Waals surface area contributed by atoms with E-state index in [0.29, 0.717) is 0 Å². The predicted molar refractivity (Wildman–Crippen MR) is 108 cm³/mol. The zero-order valence-electron chi connectivity index (χ0n) is 17.4. The summed E-state index contributed by atoms with van der Waals surface area (Å²) in [5, 5.41) is 18.8. The number of nitrogens with zero attached hydrogens (tertiary/aromatic N) is 3. The molecule has 2 aliphatic heterocycles. The van der Waals surface area contributed by atoms with Gasteiger partial charge in [0.1, 0.15) is 30.0 Å². The van der Waals surface area contributed by atoms with E-state index in [1.54, 1.807) is 12.1 Å². The maximum atomic E-state index is 13.7. The van der Waals surface area contributed by atoms with E-state index in [2.05, 4.69) is 10.3 Å². The minimum atomic E-state index is -1.61. The Bertz CT molecular complexity index is 1190. The first-order valence-corrected chi connectivity index (χ1v) is 10.3. The molecule has 2 fully saturated rings. The van der Waals surface area contributed by atoms with Crippen LogP contribution in [-0.2, 0) is 19.0 Å². The number of primary amides is 1. The minimum absolute atomic E-state index is 0.00957. The van der Waals surface area contributed by atoms with Gasteiger partial charge in [-0.15, -0.1) is 5.10 Å². The van der Waals surface area contributed by atoms with Crippen molar-refractivity contribution in [2.24, 2.45) is 5.73 Å². The van der Waals surface area contributed by atoms with Crippen LogP contribution in [0.4, 0.5) is 13.2 Å². The summed E-state index contributed by atoms with van der Waals surface area (Å²) in [5.74, 6) is -5.28. The van der Waals surface area contributed by atoms with Gasteiger partial charge in [-0.25, -0.2) is 17.9 Å². The van der Waals surface area contributed by atoms with Crippen LogP contribution < -0.4 is 5.73 Å². The number of benzene rings is 2. The summed E-state index contributed by atoms with van der Waals surface area (Å²) in [6.45, 7) is 0.0349. The molecule has 9 nitrogen and oxygen atoms in total. The number of rotatable bonds is 4. The number of ether oxygens (including phenoxy) is 3. The average molecular weight is 476 g/mol. The van der Waals surface area contributed by atoms with Crippen LogP contribution in [0.5, 0.6) is 0 Å². The molecule has 0 saturated carbocycles. The quantitative estimate of drug-likeness (QED) is 0.549. The summed E-state index contributed by atoms with van der Waals surface area (Å²) in [6, 6.07) is 9.60. The Morgan fingerprint density at radius 1 is 1.12 bits per heavy atom. The second kappa shape index (κ2) is 8.80. The molecular weight excluding hydrogens is 457 g/mol. The Kier molecular flexibility index (Phi) is 5.81. The van der Waals surface area contributed by atoms with Crippen LogP contribution >= 0.6 is 0 Å². The molecule has 3 aromatic rings. The predicted octanol–water partition coefficient (Wildman–Crippen LogP) is 1.63. The van der Waals surface area contributed by atoms with Gasteiger partial charge in [0.15, 0.2) is 29.8 Å². The molecule has 0 radical (unpaired) electrons. The Hall–Kier alpha value is -3.32. The molecule has 2 aromatic carbocycles. The van der Waals surface area contributed by atoms with E-state index in [0.717, 1.165) is 17.7 Å². The van der Waals surface area contributed by atoms with Gasteiger partial charge in [-0.3, -0.25) is 4.79 Å². The van der Waals surface area contributed by atoms with Crippen LogP contribution in [0.3, 0.4) is 0 Å². The first-order chi connectivity index (χ1) is 16.3. The normalized spacial score (nSPS) is 28.9. The Morgan fingerprint density at radius 2 is 1.82 bits per heavy atom. The van der Waals surface area contributed by atoms with E-state index in [1.165, 1.54) is 10.9 Å². The molecule has 0 spiro atoms. The molecular formula is C22H19F3N4O5. The second-order valence-corrected chi connectivity index (χ2v) is 7.99. The maximum absolute atomic E-state index is 13.7. The van der Waals surface area contributed by atoms with E-state index in [9.17, 15) is 23.1 Å². The lowest BCUT2D eigenvalue weighted by Crippen LogP contribution is -2.62. The minimum Gasteiger partial charge on any atom is -0.387 e. The average Bonchev–Trinajstić information content (AvgIpc) is 3.31. The van der Waals surface area contributed by atoms with Crippen LogP contribution in [0, 0.1) is 17.5 Å². The number of carbonyl (C=O) groups excluding carboxylic acids is 1. The lowest BCUT2D eigenvalue weighted by molar-refractivity contribution is -0.312. The van der Waals surface area contributed by atoms with Gasteiger partial charge in [0.25, 0.3) is 0 Å². The standard InChI is InChI=1S/C22H19F3N4O5/c23-12-6-11(7-13(24)16(12)25)14-8-29(28-27-14)17-18(30)20(21(26)31)33-15-9-32-22(34-19(15)17)10-4-2-1-3-5-10/h1-8,15,17-20,22,30H,9H2,(H2,26,31)/t15-,17-,18-,19+,20-,22?/m1/s1. The lowest BCUT2D eigenvalue weighted by Gasteiger charge is -2.47. The van der Waals surface area contributed by atoms with Crippen LogP contribution in [-0.4, -0.2) is 57.0 Å².